The average Bonchev–Trinajstić information content (AvgIpc) is 2.78. The van der Waals surface area contributed by atoms with Crippen molar-refractivity contribution in [3.63, 3.8) is 0 Å². The Labute approximate surface area is 183 Å². The number of hydrogen-bond donors (Lipinski definition) is 4. The molecule has 30 heavy (non-hydrogen) atoms. The van der Waals surface area contributed by atoms with Crippen LogP contribution < -0.4 is 21.5 Å². The van der Waals surface area contributed by atoms with Crippen LogP contribution in [-0.4, -0.2) is 5.54 Å². The highest BCUT2D eigenvalue weighted by atomic mass is 32.2. The van der Waals surface area contributed by atoms with Gasteiger partial charge in [-0.1, -0.05) is 60.7 Å². The fourth-order valence-corrected chi connectivity index (χ4v) is 3.74. The summed E-state index contributed by atoms with van der Waals surface area (Å²) in [6.07, 6.45) is 1.44. The zero-order valence-corrected chi connectivity index (χ0v) is 18.4. The maximum absolute atomic E-state index is 5.95. The first-order valence-electron chi connectivity index (χ1n) is 10.0. The van der Waals surface area contributed by atoms with Gasteiger partial charge in [0.05, 0.1) is 5.54 Å². The van der Waals surface area contributed by atoms with Crippen LogP contribution in [0.4, 0.5) is 0 Å². The minimum absolute atomic E-state index is 0.376. The fraction of sp³-hybridized carbons (Fsp3) is 0.200. The van der Waals surface area contributed by atoms with E-state index in [4.69, 9.17) is 11.5 Å². The molecule has 156 valence electrons. The molecule has 0 bridgehead atoms. The maximum atomic E-state index is 5.95. The van der Waals surface area contributed by atoms with E-state index >= 15 is 0 Å². The molecule has 0 aliphatic heterocycles. The van der Waals surface area contributed by atoms with Crippen molar-refractivity contribution in [2.45, 2.75) is 37.4 Å². The summed E-state index contributed by atoms with van der Waals surface area (Å²) < 4.78 is 3.37. The first-order chi connectivity index (χ1) is 14.5. The van der Waals surface area contributed by atoms with Crippen LogP contribution in [0.2, 0.25) is 0 Å². The van der Waals surface area contributed by atoms with Gasteiger partial charge in [-0.3, -0.25) is 0 Å². The monoisotopic (exact) mass is 418 g/mol. The molecule has 0 amide bonds. The molecule has 5 heteroatoms. The highest BCUT2D eigenvalue weighted by Gasteiger charge is 2.20. The second-order valence-electron chi connectivity index (χ2n) is 7.77. The highest BCUT2D eigenvalue weighted by Crippen LogP contribution is 2.26. The lowest BCUT2D eigenvalue weighted by molar-refractivity contribution is 0.557. The van der Waals surface area contributed by atoms with Crippen molar-refractivity contribution in [2.75, 3.05) is 0 Å². The van der Waals surface area contributed by atoms with Crippen molar-refractivity contribution in [3.8, 4) is 11.1 Å². The molecule has 0 heterocycles. The summed E-state index contributed by atoms with van der Waals surface area (Å²) in [5.74, 6) is 0. The molecule has 0 fully saturated rings. The molecule has 3 rings (SSSR count). The molecule has 0 radical (unpaired) electrons. The summed E-state index contributed by atoms with van der Waals surface area (Å²) in [6, 6.07) is 27.7. The smallest absolute Gasteiger partial charge is 0.0636 e. The molecule has 0 saturated heterocycles. The largest absolute Gasteiger partial charge is 0.403 e. The predicted octanol–water partition coefficient (Wildman–Crippen LogP) is 4.78. The minimum atomic E-state index is -0.376. The van der Waals surface area contributed by atoms with Gasteiger partial charge in [-0.2, -0.15) is 0 Å². The van der Waals surface area contributed by atoms with E-state index in [9.17, 15) is 0 Å². The number of rotatable bonds is 9. The Hall–Kier alpha value is -2.73. The summed E-state index contributed by atoms with van der Waals surface area (Å²) in [6.45, 7) is 5.71. The topological polar surface area (TPSA) is 76.1 Å². The zero-order valence-electron chi connectivity index (χ0n) is 17.6. The second-order valence-corrected chi connectivity index (χ2v) is 8.64. The van der Waals surface area contributed by atoms with Gasteiger partial charge in [-0.25, -0.2) is 4.72 Å². The molecular weight excluding hydrogens is 388 g/mol. The molecule has 0 aliphatic carbocycles. The van der Waals surface area contributed by atoms with Crippen molar-refractivity contribution in [1.82, 2.24) is 10.0 Å². The van der Waals surface area contributed by atoms with Crippen molar-refractivity contribution in [2.24, 2.45) is 11.5 Å². The summed E-state index contributed by atoms with van der Waals surface area (Å²) >= 11 is 1.55. The molecule has 3 aromatic carbocycles. The van der Waals surface area contributed by atoms with Crippen LogP contribution in [-0.2, 0) is 13.1 Å². The van der Waals surface area contributed by atoms with E-state index < -0.39 is 0 Å². The number of benzene rings is 3. The predicted molar refractivity (Wildman–Crippen MR) is 128 cm³/mol. The van der Waals surface area contributed by atoms with Gasteiger partial charge in [-0.05, 0) is 66.2 Å². The Balaban J connectivity index is 1.59. The van der Waals surface area contributed by atoms with E-state index in [1.807, 2.05) is 19.9 Å². The van der Waals surface area contributed by atoms with Gasteiger partial charge in [0.1, 0.15) is 0 Å². The molecule has 3 aromatic rings. The van der Waals surface area contributed by atoms with Crippen LogP contribution in [0.25, 0.3) is 11.1 Å². The number of hydrogen-bond acceptors (Lipinski definition) is 5. The lowest BCUT2D eigenvalue weighted by atomic mass is 10.0. The number of nitrogens with one attached hydrogen (secondary N) is 2. The lowest BCUT2D eigenvalue weighted by Gasteiger charge is -2.25. The Morgan fingerprint density at radius 1 is 0.867 bits per heavy atom. The van der Waals surface area contributed by atoms with Crippen LogP contribution in [0.3, 0.4) is 0 Å². The highest BCUT2D eigenvalue weighted by molar-refractivity contribution is 7.97. The van der Waals surface area contributed by atoms with Gasteiger partial charge in [0.2, 0.25) is 0 Å². The Morgan fingerprint density at radius 2 is 1.53 bits per heavy atom. The van der Waals surface area contributed by atoms with Crippen molar-refractivity contribution in [1.29, 1.82) is 0 Å². The van der Waals surface area contributed by atoms with E-state index in [1.54, 1.807) is 11.9 Å². The average molecular weight is 419 g/mol. The van der Waals surface area contributed by atoms with E-state index in [0.717, 1.165) is 18.0 Å². The SMILES string of the molecule is CC(C)(NSc1ccc(-c2cccc(CNCc3ccccc3)c2)cc1)/C(N)=C/N. The van der Waals surface area contributed by atoms with Crippen LogP contribution in [0.5, 0.6) is 0 Å². The van der Waals surface area contributed by atoms with Crippen LogP contribution in [0.15, 0.2) is 95.7 Å². The Kier molecular flexibility index (Phi) is 7.57. The van der Waals surface area contributed by atoms with Gasteiger partial charge in [0.25, 0.3) is 0 Å². The molecule has 6 N–H and O–H groups in total. The standard InChI is InChI=1S/C25H30N4S/c1-25(2,24(27)16-26)29-30-23-13-11-21(12-14-23)22-10-6-9-20(15-22)18-28-17-19-7-4-3-5-8-19/h3-16,28-29H,17-18,26-27H2,1-2H3/b24-16-. The van der Waals surface area contributed by atoms with Crippen LogP contribution in [0, 0.1) is 0 Å². The molecule has 0 aliphatic rings. The Bertz CT molecular complexity index is 966. The van der Waals surface area contributed by atoms with Crippen molar-refractivity contribution in [3.05, 3.63) is 102 Å². The van der Waals surface area contributed by atoms with E-state index in [2.05, 4.69) is 82.8 Å². The first kappa shape index (κ1) is 22.0. The molecular formula is C25H30N4S. The third-order valence-corrected chi connectivity index (χ3v) is 6.06. The molecule has 0 spiro atoms. The van der Waals surface area contributed by atoms with E-state index in [0.29, 0.717) is 5.70 Å². The third-order valence-electron chi connectivity index (χ3n) is 4.94. The van der Waals surface area contributed by atoms with Crippen LogP contribution in [0.1, 0.15) is 25.0 Å². The molecule has 0 unspecified atom stereocenters. The summed E-state index contributed by atoms with van der Waals surface area (Å²) in [5.41, 5.74) is 16.7. The maximum Gasteiger partial charge on any atom is 0.0636 e. The quantitative estimate of drug-likeness (QED) is 0.376. The second kappa shape index (κ2) is 10.3. The summed E-state index contributed by atoms with van der Waals surface area (Å²) in [4.78, 5) is 1.12. The van der Waals surface area contributed by atoms with E-state index in [1.165, 1.54) is 28.5 Å². The zero-order chi connectivity index (χ0) is 21.4. The normalized spacial score (nSPS) is 12.1. The van der Waals surface area contributed by atoms with Gasteiger partial charge >= 0.3 is 0 Å². The van der Waals surface area contributed by atoms with Gasteiger partial charge in [0.15, 0.2) is 0 Å². The summed E-state index contributed by atoms with van der Waals surface area (Å²) in [5, 5.41) is 3.52. The van der Waals surface area contributed by atoms with Gasteiger partial charge < -0.3 is 16.8 Å². The fourth-order valence-electron chi connectivity index (χ4n) is 2.98. The number of nitrogens with two attached hydrogens (primary N) is 2. The van der Waals surface area contributed by atoms with Gasteiger partial charge in [0, 0.05) is 29.9 Å². The molecule has 0 saturated carbocycles. The molecule has 0 atom stereocenters. The minimum Gasteiger partial charge on any atom is -0.403 e. The van der Waals surface area contributed by atoms with Crippen LogP contribution >= 0.6 is 11.9 Å². The lowest BCUT2D eigenvalue weighted by Crippen LogP contribution is -2.40. The van der Waals surface area contributed by atoms with Gasteiger partial charge in [-0.15, -0.1) is 0 Å². The van der Waals surface area contributed by atoms with Crippen molar-refractivity contribution < 1.29 is 0 Å². The van der Waals surface area contributed by atoms with Crippen molar-refractivity contribution >= 4 is 11.9 Å². The summed E-state index contributed by atoms with van der Waals surface area (Å²) in [7, 11) is 0. The first-order valence-corrected chi connectivity index (χ1v) is 10.9. The Morgan fingerprint density at radius 3 is 2.23 bits per heavy atom. The van der Waals surface area contributed by atoms with E-state index in [-0.39, 0.29) is 5.54 Å². The molecule has 4 nitrogen and oxygen atoms in total. The molecule has 0 aromatic heterocycles. The third kappa shape index (κ3) is 6.13.